The Labute approximate surface area is 141 Å². The van der Waals surface area contributed by atoms with Crippen molar-refractivity contribution in [1.82, 2.24) is 5.32 Å². The smallest absolute Gasteiger partial charge is 0.335 e. The average molecular weight is 327 g/mol. The quantitative estimate of drug-likeness (QED) is 0.820. The monoisotopic (exact) mass is 327 g/mol. The summed E-state index contributed by atoms with van der Waals surface area (Å²) in [4.78, 5) is 22.8. The lowest BCUT2D eigenvalue weighted by molar-refractivity contribution is -0.123. The normalized spacial score (nSPS) is 10.2. The van der Waals surface area contributed by atoms with Gasteiger partial charge in [0.2, 0.25) is 0 Å². The third-order valence-corrected chi connectivity index (χ3v) is 3.61. The minimum atomic E-state index is -0.956. The zero-order valence-corrected chi connectivity index (χ0v) is 13.8. The highest BCUT2D eigenvalue weighted by Crippen LogP contribution is 2.18. The van der Waals surface area contributed by atoms with Gasteiger partial charge < -0.3 is 15.2 Å². The second kappa shape index (κ2) is 8.15. The molecular formula is C19H21NO4. The van der Waals surface area contributed by atoms with Gasteiger partial charge in [-0.25, -0.2) is 4.79 Å². The summed E-state index contributed by atoms with van der Waals surface area (Å²) in [6.45, 7) is 4.29. The number of nitrogens with one attached hydrogen (secondary N) is 1. The summed E-state index contributed by atoms with van der Waals surface area (Å²) in [6, 6.07) is 12.5. The van der Waals surface area contributed by atoms with Crippen LogP contribution in [0.25, 0.3) is 0 Å². The molecule has 0 unspecified atom stereocenters. The van der Waals surface area contributed by atoms with Gasteiger partial charge in [0, 0.05) is 6.54 Å². The van der Waals surface area contributed by atoms with Crippen LogP contribution in [-0.4, -0.2) is 30.1 Å². The maximum atomic E-state index is 11.8. The molecule has 0 radical (unpaired) electrons. The number of carboxylic acid groups (broad SMARTS) is 1. The van der Waals surface area contributed by atoms with Crippen molar-refractivity contribution < 1.29 is 19.4 Å². The van der Waals surface area contributed by atoms with Crippen molar-refractivity contribution in [3.63, 3.8) is 0 Å². The zero-order valence-electron chi connectivity index (χ0n) is 13.8. The molecule has 2 aromatic rings. The summed E-state index contributed by atoms with van der Waals surface area (Å²) in [6.07, 6.45) is 0.566. The molecule has 0 saturated carbocycles. The van der Waals surface area contributed by atoms with E-state index in [1.54, 1.807) is 18.2 Å². The van der Waals surface area contributed by atoms with Crippen molar-refractivity contribution in [2.75, 3.05) is 13.2 Å². The van der Waals surface area contributed by atoms with E-state index < -0.39 is 5.97 Å². The van der Waals surface area contributed by atoms with Crippen molar-refractivity contribution in [2.24, 2.45) is 0 Å². The van der Waals surface area contributed by atoms with Crippen LogP contribution in [0.15, 0.2) is 42.5 Å². The lowest BCUT2D eigenvalue weighted by atomic mass is 10.1. The summed E-state index contributed by atoms with van der Waals surface area (Å²) < 4.78 is 5.54. The summed E-state index contributed by atoms with van der Waals surface area (Å²) >= 11 is 0. The van der Waals surface area contributed by atoms with E-state index in [-0.39, 0.29) is 18.1 Å². The maximum Gasteiger partial charge on any atom is 0.335 e. The number of carboxylic acids is 1. The first-order chi connectivity index (χ1) is 11.5. The van der Waals surface area contributed by atoms with Gasteiger partial charge in [0.05, 0.1) is 5.56 Å². The molecular weight excluding hydrogens is 306 g/mol. The van der Waals surface area contributed by atoms with Crippen LogP contribution in [0.3, 0.4) is 0 Å². The Hall–Kier alpha value is -2.82. The highest BCUT2D eigenvalue weighted by molar-refractivity contribution is 5.87. The molecule has 0 saturated heterocycles. The largest absolute Gasteiger partial charge is 0.483 e. The van der Waals surface area contributed by atoms with E-state index in [9.17, 15) is 9.59 Å². The molecule has 0 heterocycles. The molecule has 2 N–H and O–H groups in total. The molecule has 1 amide bonds. The van der Waals surface area contributed by atoms with Gasteiger partial charge in [-0.05, 0) is 55.2 Å². The van der Waals surface area contributed by atoms with Gasteiger partial charge in [-0.15, -0.1) is 0 Å². The fourth-order valence-corrected chi connectivity index (χ4v) is 2.26. The SMILES string of the molecule is Cc1ccc(C)c(OCC(=O)NCCc2cccc(C(=O)O)c2)c1. The van der Waals surface area contributed by atoms with Crippen molar-refractivity contribution in [3.8, 4) is 5.75 Å². The molecule has 0 atom stereocenters. The second-order valence-corrected chi connectivity index (χ2v) is 5.66. The third kappa shape index (κ3) is 5.12. The maximum absolute atomic E-state index is 11.8. The van der Waals surface area contributed by atoms with Gasteiger partial charge in [0.25, 0.3) is 5.91 Å². The highest BCUT2D eigenvalue weighted by Gasteiger charge is 2.06. The van der Waals surface area contributed by atoms with Gasteiger partial charge in [-0.3, -0.25) is 4.79 Å². The van der Waals surface area contributed by atoms with E-state index >= 15 is 0 Å². The minimum Gasteiger partial charge on any atom is -0.483 e. The molecule has 126 valence electrons. The Bertz CT molecular complexity index is 740. The number of rotatable bonds is 7. The first kappa shape index (κ1) is 17.5. The Kier molecular flexibility index (Phi) is 5.95. The molecule has 5 nitrogen and oxygen atoms in total. The van der Waals surface area contributed by atoms with E-state index in [4.69, 9.17) is 9.84 Å². The average Bonchev–Trinajstić information content (AvgIpc) is 2.56. The molecule has 0 aliphatic rings. The van der Waals surface area contributed by atoms with Crippen LogP contribution >= 0.6 is 0 Å². The minimum absolute atomic E-state index is 0.0422. The number of benzene rings is 2. The first-order valence-electron chi connectivity index (χ1n) is 7.74. The summed E-state index contributed by atoms with van der Waals surface area (Å²) in [7, 11) is 0. The number of amides is 1. The van der Waals surface area contributed by atoms with Gasteiger partial charge in [-0.2, -0.15) is 0 Å². The molecule has 2 rings (SSSR count). The molecule has 24 heavy (non-hydrogen) atoms. The van der Waals surface area contributed by atoms with E-state index in [1.165, 1.54) is 0 Å². The van der Waals surface area contributed by atoms with Crippen molar-refractivity contribution >= 4 is 11.9 Å². The van der Waals surface area contributed by atoms with Crippen LogP contribution in [0.2, 0.25) is 0 Å². The molecule has 0 aliphatic heterocycles. The van der Waals surface area contributed by atoms with Crippen LogP contribution < -0.4 is 10.1 Å². The Morgan fingerprint density at radius 3 is 2.67 bits per heavy atom. The predicted octanol–water partition coefficient (Wildman–Crippen LogP) is 2.74. The van der Waals surface area contributed by atoms with E-state index in [2.05, 4.69) is 5.32 Å². The van der Waals surface area contributed by atoms with Crippen LogP contribution in [0.1, 0.15) is 27.0 Å². The van der Waals surface area contributed by atoms with Crippen molar-refractivity contribution in [2.45, 2.75) is 20.3 Å². The Balaban J connectivity index is 1.78. The van der Waals surface area contributed by atoms with Gasteiger partial charge in [-0.1, -0.05) is 24.3 Å². The lowest BCUT2D eigenvalue weighted by Gasteiger charge is -2.10. The second-order valence-electron chi connectivity index (χ2n) is 5.66. The number of carbonyl (C=O) groups excluding carboxylic acids is 1. The first-order valence-corrected chi connectivity index (χ1v) is 7.74. The summed E-state index contributed by atoms with van der Waals surface area (Å²) in [5, 5.41) is 11.7. The molecule has 0 aliphatic carbocycles. The zero-order chi connectivity index (χ0) is 17.5. The van der Waals surface area contributed by atoms with E-state index in [0.717, 1.165) is 16.7 Å². The van der Waals surface area contributed by atoms with Gasteiger partial charge >= 0.3 is 5.97 Å². The fraction of sp³-hybridized carbons (Fsp3) is 0.263. The molecule has 0 fully saturated rings. The number of aromatic carboxylic acids is 1. The van der Waals surface area contributed by atoms with Crippen LogP contribution in [0, 0.1) is 13.8 Å². The topological polar surface area (TPSA) is 75.6 Å². The molecule has 2 aromatic carbocycles. The van der Waals surface area contributed by atoms with Crippen LogP contribution in [0.4, 0.5) is 0 Å². The number of hydrogen-bond donors (Lipinski definition) is 2. The van der Waals surface area contributed by atoms with Crippen molar-refractivity contribution in [1.29, 1.82) is 0 Å². The highest BCUT2D eigenvalue weighted by atomic mass is 16.5. The third-order valence-electron chi connectivity index (χ3n) is 3.61. The van der Waals surface area contributed by atoms with Gasteiger partial charge in [0.15, 0.2) is 6.61 Å². The van der Waals surface area contributed by atoms with E-state index in [1.807, 2.05) is 38.1 Å². The molecule has 0 bridgehead atoms. The van der Waals surface area contributed by atoms with E-state index in [0.29, 0.717) is 18.7 Å². The summed E-state index contributed by atoms with van der Waals surface area (Å²) in [5.41, 5.74) is 3.18. The number of hydrogen-bond acceptors (Lipinski definition) is 3. The van der Waals surface area contributed by atoms with Crippen LogP contribution in [-0.2, 0) is 11.2 Å². The van der Waals surface area contributed by atoms with Crippen LogP contribution in [0.5, 0.6) is 5.75 Å². The Morgan fingerprint density at radius 2 is 1.92 bits per heavy atom. The number of aryl methyl sites for hydroxylation is 2. The predicted molar refractivity (Wildman–Crippen MR) is 91.5 cm³/mol. The lowest BCUT2D eigenvalue weighted by Crippen LogP contribution is -2.30. The van der Waals surface area contributed by atoms with Crippen molar-refractivity contribution in [3.05, 3.63) is 64.7 Å². The summed E-state index contributed by atoms with van der Waals surface area (Å²) in [5.74, 6) is -0.451. The fourth-order valence-electron chi connectivity index (χ4n) is 2.26. The molecule has 0 aromatic heterocycles. The number of carbonyl (C=O) groups is 2. The molecule has 5 heteroatoms. The standard InChI is InChI=1S/C19H21NO4/c1-13-6-7-14(2)17(10-13)24-12-18(21)20-9-8-15-4-3-5-16(11-15)19(22)23/h3-7,10-11H,8-9,12H2,1-2H3,(H,20,21)(H,22,23). The number of ether oxygens (including phenoxy) is 1. The Morgan fingerprint density at radius 1 is 1.12 bits per heavy atom. The molecule has 0 spiro atoms. The van der Waals surface area contributed by atoms with Gasteiger partial charge in [0.1, 0.15) is 5.75 Å².